The minimum atomic E-state index is 0.308. The molecule has 0 spiro atoms. The summed E-state index contributed by atoms with van der Waals surface area (Å²) in [6.07, 6.45) is 3.79. The summed E-state index contributed by atoms with van der Waals surface area (Å²) in [6, 6.07) is 6.09. The van der Waals surface area contributed by atoms with Crippen LogP contribution in [0.2, 0.25) is 0 Å². The molecular weight excluding hydrogens is 292 g/mol. The van der Waals surface area contributed by atoms with Crippen LogP contribution in [0.3, 0.4) is 0 Å². The summed E-state index contributed by atoms with van der Waals surface area (Å²) in [6.45, 7) is 1.77. The number of rotatable bonds is 5. The van der Waals surface area contributed by atoms with Crippen molar-refractivity contribution >= 4 is 21.6 Å². The van der Waals surface area contributed by atoms with Crippen LogP contribution >= 0.6 is 15.9 Å². The smallest absolute Gasteiger partial charge is 0.142 e. The molecule has 0 heterocycles. The van der Waals surface area contributed by atoms with Gasteiger partial charge in [0, 0.05) is 23.5 Å². The molecule has 1 aromatic carbocycles. The van der Waals surface area contributed by atoms with Crippen molar-refractivity contribution in [1.82, 2.24) is 0 Å². The molecule has 0 saturated heterocycles. The number of halogens is 1. The standard InChI is InChI=1S/C14H21BrN2O/c1-17(10-14(9-16)6-3-7-14)12-8-11(15)4-5-13(12)18-2/h4-5,8H,3,6-7,9-10,16H2,1-2H3. The summed E-state index contributed by atoms with van der Waals surface area (Å²) in [5.41, 5.74) is 7.35. The van der Waals surface area contributed by atoms with Gasteiger partial charge in [-0.25, -0.2) is 0 Å². The molecule has 4 heteroatoms. The van der Waals surface area contributed by atoms with Crippen molar-refractivity contribution in [2.45, 2.75) is 19.3 Å². The van der Waals surface area contributed by atoms with Gasteiger partial charge in [0.05, 0.1) is 12.8 Å². The van der Waals surface area contributed by atoms with Gasteiger partial charge in [0.1, 0.15) is 5.75 Å². The Kier molecular flexibility index (Phi) is 4.17. The zero-order valence-electron chi connectivity index (χ0n) is 11.1. The Balaban J connectivity index is 2.17. The van der Waals surface area contributed by atoms with Crippen LogP contribution < -0.4 is 15.4 Å². The SMILES string of the molecule is COc1ccc(Br)cc1N(C)CC1(CN)CCC1. The van der Waals surface area contributed by atoms with E-state index >= 15 is 0 Å². The number of nitrogens with zero attached hydrogens (tertiary/aromatic N) is 1. The normalized spacial score (nSPS) is 17.1. The van der Waals surface area contributed by atoms with Crippen molar-refractivity contribution in [3.63, 3.8) is 0 Å². The van der Waals surface area contributed by atoms with E-state index in [4.69, 9.17) is 10.5 Å². The Hall–Kier alpha value is -0.740. The van der Waals surface area contributed by atoms with Crippen LogP contribution in [0.15, 0.2) is 22.7 Å². The lowest BCUT2D eigenvalue weighted by molar-refractivity contribution is 0.154. The van der Waals surface area contributed by atoms with Gasteiger partial charge >= 0.3 is 0 Å². The van der Waals surface area contributed by atoms with Gasteiger partial charge in [0.15, 0.2) is 0 Å². The monoisotopic (exact) mass is 312 g/mol. The Morgan fingerprint density at radius 3 is 2.67 bits per heavy atom. The van der Waals surface area contributed by atoms with E-state index in [2.05, 4.69) is 33.9 Å². The molecule has 0 unspecified atom stereocenters. The van der Waals surface area contributed by atoms with Crippen LogP contribution in [-0.2, 0) is 0 Å². The van der Waals surface area contributed by atoms with E-state index in [9.17, 15) is 0 Å². The molecule has 0 aromatic heterocycles. The molecule has 1 aliphatic carbocycles. The predicted octanol–water partition coefficient (Wildman–Crippen LogP) is 3.02. The second-order valence-electron chi connectivity index (χ2n) is 5.23. The quantitative estimate of drug-likeness (QED) is 0.908. The minimum absolute atomic E-state index is 0.308. The number of anilines is 1. The molecule has 2 N–H and O–H groups in total. The largest absolute Gasteiger partial charge is 0.495 e. The first-order chi connectivity index (χ1) is 8.60. The summed E-state index contributed by atoms with van der Waals surface area (Å²) < 4.78 is 6.50. The van der Waals surface area contributed by atoms with Gasteiger partial charge in [-0.05, 0) is 37.6 Å². The van der Waals surface area contributed by atoms with Crippen LogP contribution in [0.25, 0.3) is 0 Å². The second kappa shape index (κ2) is 5.49. The van der Waals surface area contributed by atoms with Crippen LogP contribution in [0, 0.1) is 5.41 Å². The molecule has 0 aliphatic heterocycles. The van der Waals surface area contributed by atoms with Gasteiger partial charge in [-0.15, -0.1) is 0 Å². The molecule has 1 saturated carbocycles. The Morgan fingerprint density at radius 2 is 2.17 bits per heavy atom. The molecule has 0 radical (unpaired) electrons. The predicted molar refractivity (Wildman–Crippen MR) is 79.3 cm³/mol. The van der Waals surface area contributed by atoms with E-state index in [1.54, 1.807) is 7.11 Å². The number of nitrogens with two attached hydrogens (primary N) is 1. The van der Waals surface area contributed by atoms with Gasteiger partial charge < -0.3 is 15.4 Å². The molecule has 2 rings (SSSR count). The lowest BCUT2D eigenvalue weighted by Crippen LogP contribution is -2.46. The van der Waals surface area contributed by atoms with Gasteiger partial charge in [-0.2, -0.15) is 0 Å². The van der Waals surface area contributed by atoms with Gasteiger partial charge in [0.25, 0.3) is 0 Å². The molecule has 1 aromatic rings. The topological polar surface area (TPSA) is 38.5 Å². The van der Waals surface area contributed by atoms with Crippen molar-refractivity contribution in [2.24, 2.45) is 11.1 Å². The third-order valence-corrected chi connectivity index (χ3v) is 4.47. The highest BCUT2D eigenvalue weighted by atomic mass is 79.9. The van der Waals surface area contributed by atoms with Crippen LogP contribution in [0.5, 0.6) is 5.75 Å². The molecule has 0 bridgehead atoms. The third kappa shape index (κ3) is 2.64. The number of ether oxygens (including phenoxy) is 1. The first kappa shape index (κ1) is 13.7. The maximum Gasteiger partial charge on any atom is 0.142 e. The fourth-order valence-electron chi connectivity index (χ4n) is 2.65. The van der Waals surface area contributed by atoms with E-state index in [1.165, 1.54) is 19.3 Å². The van der Waals surface area contributed by atoms with Crippen molar-refractivity contribution in [1.29, 1.82) is 0 Å². The molecule has 100 valence electrons. The number of methoxy groups -OCH3 is 1. The van der Waals surface area contributed by atoms with Gasteiger partial charge in [-0.1, -0.05) is 22.4 Å². The molecule has 0 atom stereocenters. The average molecular weight is 313 g/mol. The fraction of sp³-hybridized carbons (Fsp3) is 0.571. The van der Waals surface area contributed by atoms with Crippen molar-refractivity contribution in [3.05, 3.63) is 22.7 Å². The van der Waals surface area contributed by atoms with Crippen molar-refractivity contribution in [2.75, 3.05) is 32.1 Å². The molecule has 18 heavy (non-hydrogen) atoms. The number of benzene rings is 1. The molecule has 1 aliphatic rings. The Morgan fingerprint density at radius 1 is 1.44 bits per heavy atom. The average Bonchev–Trinajstić information content (AvgIpc) is 2.33. The highest BCUT2D eigenvalue weighted by Crippen LogP contribution is 2.42. The highest BCUT2D eigenvalue weighted by Gasteiger charge is 2.36. The molecule has 1 fully saturated rings. The summed E-state index contributed by atoms with van der Waals surface area (Å²) in [5, 5.41) is 0. The number of hydrogen-bond donors (Lipinski definition) is 1. The lowest BCUT2D eigenvalue weighted by Gasteiger charge is -2.44. The third-order valence-electron chi connectivity index (χ3n) is 3.97. The van der Waals surface area contributed by atoms with E-state index in [0.29, 0.717) is 5.41 Å². The Bertz CT molecular complexity index is 413. The van der Waals surface area contributed by atoms with Gasteiger partial charge in [0.2, 0.25) is 0 Å². The maximum atomic E-state index is 5.93. The van der Waals surface area contributed by atoms with Crippen molar-refractivity contribution in [3.8, 4) is 5.75 Å². The zero-order chi connectivity index (χ0) is 13.2. The van der Waals surface area contributed by atoms with Crippen molar-refractivity contribution < 1.29 is 4.74 Å². The Labute approximate surface area is 117 Å². The summed E-state index contributed by atoms with van der Waals surface area (Å²) >= 11 is 3.51. The first-order valence-electron chi connectivity index (χ1n) is 6.35. The van der Waals surface area contributed by atoms with E-state index in [1.807, 2.05) is 12.1 Å². The highest BCUT2D eigenvalue weighted by molar-refractivity contribution is 9.10. The summed E-state index contributed by atoms with van der Waals surface area (Å²) in [5.74, 6) is 0.909. The van der Waals surface area contributed by atoms with E-state index < -0.39 is 0 Å². The lowest BCUT2D eigenvalue weighted by atomic mass is 9.68. The van der Waals surface area contributed by atoms with Crippen LogP contribution in [0.1, 0.15) is 19.3 Å². The summed E-state index contributed by atoms with van der Waals surface area (Å²) in [4.78, 5) is 2.26. The van der Waals surface area contributed by atoms with Gasteiger partial charge in [-0.3, -0.25) is 0 Å². The molecule has 3 nitrogen and oxygen atoms in total. The molecular formula is C14H21BrN2O. The summed E-state index contributed by atoms with van der Waals surface area (Å²) in [7, 11) is 3.82. The van der Waals surface area contributed by atoms with E-state index in [-0.39, 0.29) is 0 Å². The zero-order valence-corrected chi connectivity index (χ0v) is 12.7. The second-order valence-corrected chi connectivity index (χ2v) is 6.15. The van der Waals surface area contributed by atoms with Crippen LogP contribution in [0.4, 0.5) is 5.69 Å². The van der Waals surface area contributed by atoms with E-state index in [0.717, 1.165) is 29.0 Å². The fourth-order valence-corrected chi connectivity index (χ4v) is 3.00. The maximum absolute atomic E-state index is 5.93. The first-order valence-corrected chi connectivity index (χ1v) is 7.14. The van der Waals surface area contributed by atoms with Crippen LogP contribution in [-0.4, -0.2) is 27.2 Å². The molecule has 0 amide bonds. The minimum Gasteiger partial charge on any atom is -0.495 e. The number of hydrogen-bond acceptors (Lipinski definition) is 3.